The summed E-state index contributed by atoms with van der Waals surface area (Å²) in [5, 5.41) is 14.1. The molecule has 0 spiro atoms. The number of amides is 1. The summed E-state index contributed by atoms with van der Waals surface area (Å²) in [7, 11) is 3.02. The summed E-state index contributed by atoms with van der Waals surface area (Å²) in [6.07, 6.45) is 0.546. The lowest BCUT2D eigenvalue weighted by atomic mass is 9.78. The second kappa shape index (κ2) is 6.08. The normalized spacial score (nSPS) is 28.4. The second-order valence-electron chi connectivity index (χ2n) is 5.75. The number of carboxylic acids is 1. The molecule has 0 aliphatic carbocycles. The van der Waals surface area contributed by atoms with Crippen LogP contribution >= 0.6 is 0 Å². The van der Waals surface area contributed by atoms with Gasteiger partial charge in [0, 0.05) is 35.8 Å². The summed E-state index contributed by atoms with van der Waals surface area (Å²) in [5.74, 6) is -2.21. The first-order chi connectivity index (χ1) is 11.0. The molecule has 7 heteroatoms. The lowest BCUT2D eigenvalue weighted by Crippen LogP contribution is -2.46. The van der Waals surface area contributed by atoms with Crippen molar-refractivity contribution in [3.8, 4) is 11.5 Å². The van der Waals surface area contributed by atoms with Gasteiger partial charge in [-0.15, -0.1) is 0 Å². The Morgan fingerprint density at radius 1 is 1.09 bits per heavy atom. The molecule has 7 nitrogen and oxygen atoms in total. The predicted octanol–water partition coefficient (Wildman–Crippen LogP) is 0.186. The number of benzene rings is 1. The number of anilines is 1. The smallest absolute Gasteiger partial charge is 0.230 e. The Bertz CT molecular complexity index is 609. The number of rotatable bonds is 5. The van der Waals surface area contributed by atoms with Gasteiger partial charge in [-0.05, 0) is 12.8 Å². The SMILES string of the molecule is COc1cc(NC(=O)[C@H]2[C@@H](C(=O)[O-])[C@H]3CC[C@@H]2O3)cc(OC)c1. The van der Waals surface area contributed by atoms with E-state index in [1.165, 1.54) is 14.2 Å². The van der Waals surface area contributed by atoms with Crippen LogP contribution in [0.2, 0.25) is 0 Å². The van der Waals surface area contributed by atoms with E-state index in [1.54, 1.807) is 18.2 Å². The van der Waals surface area contributed by atoms with Gasteiger partial charge in [0.25, 0.3) is 0 Å². The zero-order valence-corrected chi connectivity index (χ0v) is 12.9. The van der Waals surface area contributed by atoms with Gasteiger partial charge >= 0.3 is 0 Å². The molecule has 0 saturated carbocycles. The van der Waals surface area contributed by atoms with Crippen LogP contribution < -0.4 is 19.9 Å². The summed E-state index contributed by atoms with van der Waals surface area (Å²) in [6, 6.07) is 4.96. The lowest BCUT2D eigenvalue weighted by Gasteiger charge is -2.27. The molecule has 1 amide bonds. The maximum Gasteiger partial charge on any atom is 0.230 e. The number of nitrogens with one attached hydrogen (secondary N) is 1. The van der Waals surface area contributed by atoms with Crippen LogP contribution in [0.3, 0.4) is 0 Å². The van der Waals surface area contributed by atoms with E-state index in [2.05, 4.69) is 5.32 Å². The highest BCUT2D eigenvalue weighted by Gasteiger charge is 2.52. The minimum Gasteiger partial charge on any atom is -0.550 e. The molecule has 0 aromatic heterocycles. The number of carbonyl (C=O) groups excluding carboxylic acids is 2. The molecular formula is C16H18NO6-. The van der Waals surface area contributed by atoms with Crippen molar-refractivity contribution in [1.29, 1.82) is 0 Å². The average molecular weight is 320 g/mol. The molecule has 4 atom stereocenters. The molecule has 2 bridgehead atoms. The number of ether oxygens (including phenoxy) is 3. The number of methoxy groups -OCH3 is 2. The Kier molecular flexibility index (Phi) is 4.12. The summed E-state index contributed by atoms with van der Waals surface area (Å²) >= 11 is 0. The highest BCUT2D eigenvalue weighted by Crippen LogP contribution is 2.43. The van der Waals surface area contributed by atoms with Crippen LogP contribution in [-0.4, -0.2) is 38.3 Å². The molecule has 2 heterocycles. The van der Waals surface area contributed by atoms with Crippen molar-refractivity contribution in [3.05, 3.63) is 18.2 Å². The fraction of sp³-hybridized carbons (Fsp3) is 0.500. The van der Waals surface area contributed by atoms with Gasteiger partial charge < -0.3 is 29.4 Å². The fourth-order valence-electron chi connectivity index (χ4n) is 3.42. The first-order valence-corrected chi connectivity index (χ1v) is 7.43. The third-order valence-electron chi connectivity index (χ3n) is 4.47. The van der Waals surface area contributed by atoms with Crippen LogP contribution in [0.4, 0.5) is 5.69 Å². The van der Waals surface area contributed by atoms with E-state index in [0.29, 0.717) is 30.0 Å². The van der Waals surface area contributed by atoms with E-state index >= 15 is 0 Å². The largest absolute Gasteiger partial charge is 0.550 e. The Morgan fingerprint density at radius 3 is 2.17 bits per heavy atom. The maximum atomic E-state index is 12.6. The standard InChI is InChI=1S/C16H19NO6/c1-21-9-5-8(6-10(7-9)22-2)17-15(18)13-11-3-4-12(23-11)14(13)16(19)20/h5-7,11-14H,3-4H2,1-2H3,(H,17,18)(H,19,20)/p-1/t11-,12+,13+,14-/m0/s1. The van der Waals surface area contributed by atoms with Crippen molar-refractivity contribution in [3.63, 3.8) is 0 Å². The Morgan fingerprint density at radius 2 is 1.65 bits per heavy atom. The lowest BCUT2D eigenvalue weighted by molar-refractivity contribution is -0.313. The van der Waals surface area contributed by atoms with E-state index in [-0.39, 0.29) is 12.0 Å². The van der Waals surface area contributed by atoms with Crippen LogP contribution in [0, 0.1) is 11.8 Å². The summed E-state index contributed by atoms with van der Waals surface area (Å²) in [6.45, 7) is 0. The summed E-state index contributed by atoms with van der Waals surface area (Å²) in [4.78, 5) is 23.9. The van der Waals surface area contributed by atoms with E-state index in [9.17, 15) is 14.7 Å². The van der Waals surface area contributed by atoms with Gasteiger partial charge in [-0.25, -0.2) is 0 Å². The van der Waals surface area contributed by atoms with Gasteiger partial charge in [0.2, 0.25) is 5.91 Å². The van der Waals surface area contributed by atoms with Gasteiger partial charge in [-0.3, -0.25) is 4.79 Å². The van der Waals surface area contributed by atoms with E-state index in [1.807, 2.05) is 0 Å². The minimum absolute atomic E-state index is 0.365. The Balaban J connectivity index is 1.80. The van der Waals surface area contributed by atoms with Gasteiger partial charge in [0.05, 0.1) is 32.3 Å². The highest BCUT2D eigenvalue weighted by atomic mass is 16.5. The van der Waals surface area contributed by atoms with Gasteiger partial charge in [-0.2, -0.15) is 0 Å². The highest BCUT2D eigenvalue weighted by molar-refractivity contribution is 5.96. The van der Waals surface area contributed by atoms with Gasteiger partial charge in [-0.1, -0.05) is 0 Å². The molecule has 1 aromatic carbocycles. The zero-order valence-electron chi connectivity index (χ0n) is 12.9. The van der Waals surface area contributed by atoms with Crippen molar-refractivity contribution in [2.24, 2.45) is 11.8 Å². The molecular weight excluding hydrogens is 302 g/mol. The average Bonchev–Trinajstić information content (AvgIpc) is 3.15. The van der Waals surface area contributed by atoms with Crippen LogP contribution in [-0.2, 0) is 14.3 Å². The van der Waals surface area contributed by atoms with E-state index < -0.39 is 23.9 Å². The molecule has 3 rings (SSSR count). The third kappa shape index (κ3) is 2.84. The van der Waals surface area contributed by atoms with E-state index in [0.717, 1.165) is 0 Å². The molecule has 124 valence electrons. The molecule has 0 unspecified atom stereocenters. The number of carboxylic acid groups (broad SMARTS) is 1. The zero-order chi connectivity index (χ0) is 16.6. The maximum absolute atomic E-state index is 12.6. The summed E-state index contributed by atoms with van der Waals surface area (Å²) in [5.41, 5.74) is 0.478. The van der Waals surface area contributed by atoms with Crippen LogP contribution in [0.1, 0.15) is 12.8 Å². The predicted molar refractivity (Wildman–Crippen MR) is 78.1 cm³/mol. The molecule has 0 radical (unpaired) electrons. The van der Waals surface area contributed by atoms with Crippen molar-refractivity contribution < 1.29 is 28.9 Å². The molecule has 2 aliphatic heterocycles. The molecule has 23 heavy (non-hydrogen) atoms. The number of fused-ring (bicyclic) bond motifs is 2. The Labute approximate surface area is 133 Å². The number of carbonyl (C=O) groups is 2. The van der Waals surface area contributed by atoms with Crippen molar-refractivity contribution in [1.82, 2.24) is 0 Å². The van der Waals surface area contributed by atoms with Crippen molar-refractivity contribution in [2.45, 2.75) is 25.0 Å². The summed E-state index contributed by atoms with van der Waals surface area (Å²) < 4.78 is 15.9. The number of hydrogen-bond acceptors (Lipinski definition) is 6. The van der Waals surface area contributed by atoms with Crippen molar-refractivity contribution in [2.75, 3.05) is 19.5 Å². The Hall–Kier alpha value is -2.28. The molecule has 2 aliphatic rings. The first kappa shape index (κ1) is 15.6. The van der Waals surface area contributed by atoms with Crippen LogP contribution in [0.15, 0.2) is 18.2 Å². The van der Waals surface area contributed by atoms with Crippen molar-refractivity contribution >= 4 is 17.6 Å². The monoisotopic (exact) mass is 320 g/mol. The topological polar surface area (TPSA) is 96.9 Å². The van der Waals surface area contributed by atoms with Gasteiger partial charge in [0.1, 0.15) is 11.5 Å². The fourth-order valence-corrected chi connectivity index (χ4v) is 3.42. The minimum atomic E-state index is -1.24. The van der Waals surface area contributed by atoms with E-state index in [4.69, 9.17) is 14.2 Å². The number of aliphatic carboxylic acids is 1. The first-order valence-electron chi connectivity index (χ1n) is 7.43. The number of hydrogen-bond donors (Lipinski definition) is 1. The second-order valence-corrected chi connectivity index (χ2v) is 5.75. The van der Waals surface area contributed by atoms with Crippen LogP contribution in [0.5, 0.6) is 11.5 Å². The molecule has 2 fully saturated rings. The quantitative estimate of drug-likeness (QED) is 0.831. The third-order valence-corrected chi connectivity index (χ3v) is 4.47. The molecule has 2 saturated heterocycles. The van der Waals surface area contributed by atoms with Gasteiger partial charge in [0.15, 0.2) is 0 Å². The van der Waals surface area contributed by atoms with Crippen LogP contribution in [0.25, 0.3) is 0 Å². The molecule has 1 N–H and O–H groups in total. The molecule has 1 aromatic rings.